The number of hydrazone groups is 1. The molecular weight excluding hydrogens is 378 g/mol. The van der Waals surface area contributed by atoms with Crippen LogP contribution in [0.3, 0.4) is 0 Å². The number of carbonyl (C=O) groups excluding carboxylic acids is 2. The minimum atomic E-state index is -0.130. The zero-order valence-corrected chi connectivity index (χ0v) is 16.3. The van der Waals surface area contributed by atoms with Crippen LogP contribution in [0.5, 0.6) is 0 Å². The number of nitrogens with one attached hydrogen (secondary N) is 1. The molecule has 0 unspecified atom stereocenters. The summed E-state index contributed by atoms with van der Waals surface area (Å²) >= 11 is 1.20. The molecule has 1 aliphatic heterocycles. The molecule has 0 atom stereocenters. The van der Waals surface area contributed by atoms with E-state index in [4.69, 9.17) is 9.40 Å². The minimum Gasteiger partial charge on any atom is -0.461 e. The molecule has 1 aromatic carbocycles. The molecule has 4 rings (SSSR count). The van der Waals surface area contributed by atoms with Crippen LogP contribution in [0.25, 0.3) is 22.6 Å². The molecule has 0 radical (unpaired) electrons. The van der Waals surface area contributed by atoms with Crippen molar-refractivity contribution in [2.45, 2.75) is 6.92 Å². The molecule has 0 spiro atoms. The van der Waals surface area contributed by atoms with Crippen LogP contribution in [-0.2, 0) is 11.8 Å². The maximum Gasteiger partial charge on any atom is 0.302 e. The maximum absolute atomic E-state index is 12.1. The predicted molar refractivity (Wildman–Crippen MR) is 108 cm³/mol. The van der Waals surface area contributed by atoms with Crippen molar-refractivity contribution >= 4 is 39.7 Å². The molecule has 0 bridgehead atoms. The lowest BCUT2D eigenvalue weighted by atomic mass is 10.1. The molecule has 0 saturated heterocycles. The van der Waals surface area contributed by atoms with E-state index in [1.165, 1.54) is 23.7 Å². The molecular formula is C19H19N5O3S. The van der Waals surface area contributed by atoms with E-state index in [1.807, 2.05) is 41.9 Å². The van der Waals surface area contributed by atoms with E-state index < -0.39 is 0 Å². The van der Waals surface area contributed by atoms with Gasteiger partial charge >= 0.3 is 5.24 Å². The van der Waals surface area contributed by atoms with Crippen LogP contribution >= 0.6 is 11.8 Å². The molecule has 1 N–H and O–H groups in total. The van der Waals surface area contributed by atoms with Crippen LogP contribution in [0.1, 0.15) is 12.5 Å². The molecule has 28 heavy (non-hydrogen) atoms. The number of thioether (sulfide) groups is 1. The van der Waals surface area contributed by atoms with E-state index in [1.54, 1.807) is 6.26 Å². The number of rotatable bonds is 5. The number of hydrogen-bond donors (Lipinski definition) is 1. The lowest BCUT2D eigenvalue weighted by molar-refractivity contribution is -0.118. The van der Waals surface area contributed by atoms with E-state index in [9.17, 15) is 9.59 Å². The van der Waals surface area contributed by atoms with Crippen molar-refractivity contribution in [1.29, 1.82) is 0 Å². The van der Waals surface area contributed by atoms with Gasteiger partial charge in [0.2, 0.25) is 5.91 Å². The van der Waals surface area contributed by atoms with Gasteiger partial charge in [-0.3, -0.25) is 9.59 Å². The standard InChI is InChI=1S/C19H19N5O3S/c1-12(25)20-7-8-24-19(26)28-11-15(22-24)13-5-6-16-14(10-13)21-18(23(16)2)17-4-3-9-27-17/h3-6,9-10H,7-8,11H2,1-2H3,(H,20,25). The third-order valence-electron chi connectivity index (χ3n) is 4.44. The van der Waals surface area contributed by atoms with Crippen molar-refractivity contribution in [3.05, 3.63) is 42.2 Å². The van der Waals surface area contributed by atoms with Gasteiger partial charge in [-0.1, -0.05) is 17.8 Å². The van der Waals surface area contributed by atoms with Gasteiger partial charge in [0.25, 0.3) is 0 Å². The van der Waals surface area contributed by atoms with Gasteiger partial charge < -0.3 is 14.3 Å². The molecule has 2 amide bonds. The number of hydrogen-bond acceptors (Lipinski definition) is 6. The molecule has 2 aromatic heterocycles. The summed E-state index contributed by atoms with van der Waals surface area (Å²) < 4.78 is 7.46. The Labute approximate surface area is 165 Å². The summed E-state index contributed by atoms with van der Waals surface area (Å²) in [6.07, 6.45) is 1.63. The molecule has 8 nitrogen and oxygen atoms in total. The second-order valence-electron chi connectivity index (χ2n) is 6.38. The van der Waals surface area contributed by atoms with Crippen molar-refractivity contribution in [1.82, 2.24) is 19.9 Å². The van der Waals surface area contributed by atoms with E-state index in [-0.39, 0.29) is 11.1 Å². The first-order valence-electron chi connectivity index (χ1n) is 8.80. The Hall–Kier alpha value is -3.07. The van der Waals surface area contributed by atoms with E-state index in [2.05, 4.69) is 10.4 Å². The zero-order chi connectivity index (χ0) is 19.7. The summed E-state index contributed by atoms with van der Waals surface area (Å²) in [4.78, 5) is 27.8. The number of nitrogens with zero attached hydrogens (tertiary/aromatic N) is 4. The number of aromatic nitrogens is 2. The molecule has 0 aliphatic carbocycles. The minimum absolute atomic E-state index is 0.117. The Morgan fingerprint density at radius 1 is 1.36 bits per heavy atom. The highest BCUT2D eigenvalue weighted by Gasteiger charge is 2.22. The van der Waals surface area contributed by atoms with E-state index >= 15 is 0 Å². The van der Waals surface area contributed by atoms with Gasteiger partial charge in [0.1, 0.15) is 0 Å². The van der Waals surface area contributed by atoms with E-state index in [0.717, 1.165) is 28.1 Å². The fourth-order valence-corrected chi connectivity index (χ4v) is 3.81. The highest BCUT2D eigenvalue weighted by Crippen LogP contribution is 2.26. The third kappa shape index (κ3) is 3.53. The molecule has 0 saturated carbocycles. The number of fused-ring (bicyclic) bond motifs is 1. The van der Waals surface area contributed by atoms with E-state index in [0.29, 0.717) is 24.6 Å². The molecule has 3 heterocycles. The third-order valence-corrected chi connectivity index (χ3v) is 5.31. The van der Waals surface area contributed by atoms with Gasteiger partial charge in [-0.15, -0.1) is 0 Å². The first kappa shape index (κ1) is 18.3. The molecule has 144 valence electrons. The number of amides is 2. The van der Waals surface area contributed by atoms with Crippen LogP contribution in [-0.4, -0.2) is 50.3 Å². The summed E-state index contributed by atoms with van der Waals surface area (Å²) in [6, 6.07) is 9.67. The number of carbonyl (C=O) groups is 2. The molecule has 0 fully saturated rings. The van der Waals surface area contributed by atoms with Crippen LogP contribution < -0.4 is 5.32 Å². The normalized spacial score (nSPS) is 14.4. The number of aryl methyl sites for hydroxylation is 1. The fraction of sp³-hybridized carbons (Fsp3) is 0.263. The average Bonchev–Trinajstić information content (AvgIpc) is 3.31. The van der Waals surface area contributed by atoms with Gasteiger partial charge in [-0.25, -0.2) is 9.99 Å². The van der Waals surface area contributed by atoms with Gasteiger partial charge in [-0.05, 0) is 24.3 Å². The molecule has 9 heteroatoms. The largest absolute Gasteiger partial charge is 0.461 e. The smallest absolute Gasteiger partial charge is 0.302 e. The average molecular weight is 397 g/mol. The van der Waals surface area contributed by atoms with Gasteiger partial charge in [0.15, 0.2) is 11.6 Å². The Morgan fingerprint density at radius 2 is 2.21 bits per heavy atom. The Bertz CT molecular complexity index is 1070. The summed E-state index contributed by atoms with van der Waals surface area (Å²) in [5.74, 6) is 1.83. The number of imidazole rings is 1. The van der Waals surface area contributed by atoms with Crippen LogP contribution in [0.15, 0.2) is 46.1 Å². The second-order valence-corrected chi connectivity index (χ2v) is 7.31. The Morgan fingerprint density at radius 3 is 2.96 bits per heavy atom. The quantitative estimate of drug-likeness (QED) is 0.715. The van der Waals surface area contributed by atoms with Crippen molar-refractivity contribution in [3.8, 4) is 11.6 Å². The number of benzene rings is 1. The topological polar surface area (TPSA) is 92.7 Å². The van der Waals surface area contributed by atoms with Crippen LogP contribution in [0.4, 0.5) is 4.79 Å². The van der Waals surface area contributed by atoms with Gasteiger partial charge in [0.05, 0.1) is 29.6 Å². The predicted octanol–water partition coefficient (Wildman–Crippen LogP) is 2.84. The van der Waals surface area contributed by atoms with Crippen LogP contribution in [0, 0.1) is 0 Å². The Kier molecular flexibility index (Phi) is 4.91. The SMILES string of the molecule is CC(=O)NCCN1N=C(c2ccc3c(c2)nc(-c2ccco2)n3C)CSC1=O. The van der Waals surface area contributed by atoms with Crippen molar-refractivity contribution in [2.75, 3.05) is 18.8 Å². The highest BCUT2D eigenvalue weighted by molar-refractivity contribution is 8.14. The lowest BCUT2D eigenvalue weighted by Crippen LogP contribution is -2.36. The van der Waals surface area contributed by atoms with Gasteiger partial charge in [0, 0.05) is 31.8 Å². The lowest BCUT2D eigenvalue weighted by Gasteiger charge is -2.23. The maximum atomic E-state index is 12.1. The zero-order valence-electron chi connectivity index (χ0n) is 15.5. The Balaban J connectivity index is 1.63. The van der Waals surface area contributed by atoms with Crippen molar-refractivity contribution < 1.29 is 14.0 Å². The summed E-state index contributed by atoms with van der Waals surface area (Å²) in [6.45, 7) is 2.15. The monoisotopic (exact) mass is 397 g/mol. The van der Waals surface area contributed by atoms with Crippen LogP contribution in [0.2, 0.25) is 0 Å². The van der Waals surface area contributed by atoms with Gasteiger partial charge in [-0.2, -0.15) is 5.10 Å². The fourth-order valence-electron chi connectivity index (χ4n) is 3.05. The highest BCUT2D eigenvalue weighted by atomic mass is 32.2. The second kappa shape index (κ2) is 7.51. The first-order chi connectivity index (χ1) is 13.5. The molecule has 3 aromatic rings. The summed E-state index contributed by atoms with van der Waals surface area (Å²) in [5.41, 5.74) is 3.54. The van der Waals surface area contributed by atoms with Crippen molar-refractivity contribution in [2.24, 2.45) is 12.1 Å². The first-order valence-corrected chi connectivity index (χ1v) is 9.78. The summed E-state index contributed by atoms with van der Waals surface area (Å²) in [5, 5.41) is 8.45. The summed E-state index contributed by atoms with van der Waals surface area (Å²) in [7, 11) is 1.95. The molecule has 1 aliphatic rings. The van der Waals surface area contributed by atoms with Crippen molar-refractivity contribution in [3.63, 3.8) is 0 Å². The number of furan rings is 1.